The summed E-state index contributed by atoms with van der Waals surface area (Å²) in [7, 11) is 0. The molecular weight excluding hydrogens is 236 g/mol. The fraction of sp³-hybridized carbons (Fsp3) is 1.00. The van der Waals surface area contributed by atoms with Crippen molar-refractivity contribution in [3.05, 3.63) is 0 Å². The second-order valence-corrected chi connectivity index (χ2v) is 7.33. The van der Waals surface area contributed by atoms with Crippen molar-refractivity contribution in [2.45, 2.75) is 64.5 Å². The van der Waals surface area contributed by atoms with Crippen molar-refractivity contribution in [2.75, 3.05) is 26.2 Å². The van der Waals surface area contributed by atoms with E-state index in [2.05, 4.69) is 31.0 Å². The van der Waals surface area contributed by atoms with Gasteiger partial charge < -0.3 is 15.3 Å². The molecule has 2 unspecified atom stereocenters. The Kier molecular flexibility index (Phi) is 5.27. The minimum Gasteiger partial charge on any atom is -0.394 e. The molecule has 0 aromatic heterocycles. The molecule has 0 aromatic carbocycles. The second-order valence-electron chi connectivity index (χ2n) is 7.33. The van der Waals surface area contributed by atoms with E-state index in [1.54, 1.807) is 0 Å². The summed E-state index contributed by atoms with van der Waals surface area (Å²) in [4.78, 5) is 2.61. The first-order chi connectivity index (χ1) is 9.02. The lowest BCUT2D eigenvalue weighted by atomic mass is 9.95. The highest BCUT2D eigenvalue weighted by Crippen LogP contribution is 2.26. The van der Waals surface area contributed by atoms with Crippen molar-refractivity contribution in [1.82, 2.24) is 10.2 Å². The monoisotopic (exact) mass is 268 g/mol. The van der Waals surface area contributed by atoms with Crippen LogP contribution in [0.25, 0.3) is 0 Å². The molecule has 3 nitrogen and oxygen atoms in total. The third kappa shape index (κ3) is 4.73. The lowest BCUT2D eigenvalue weighted by molar-refractivity contribution is 0.156. The molecule has 2 rings (SSSR count). The minimum atomic E-state index is -0.0572. The smallest absolute Gasteiger partial charge is 0.0610 e. The molecule has 1 aliphatic carbocycles. The van der Waals surface area contributed by atoms with Gasteiger partial charge in [0.2, 0.25) is 0 Å². The fourth-order valence-corrected chi connectivity index (χ4v) is 3.22. The molecule has 2 atom stereocenters. The van der Waals surface area contributed by atoms with Gasteiger partial charge in [-0.3, -0.25) is 0 Å². The first-order valence-electron chi connectivity index (χ1n) is 8.13. The third-order valence-corrected chi connectivity index (χ3v) is 4.93. The number of nitrogens with zero attached hydrogens (tertiary/aromatic N) is 1. The highest BCUT2D eigenvalue weighted by atomic mass is 16.3. The SMILES string of the molecule is CC(C)C1CCN(CCCC(C)(CO)NC2CC2)C1. The quantitative estimate of drug-likeness (QED) is 0.709. The minimum absolute atomic E-state index is 0.0572. The summed E-state index contributed by atoms with van der Waals surface area (Å²) in [5.74, 6) is 1.72. The lowest BCUT2D eigenvalue weighted by Crippen LogP contribution is -2.47. The number of aliphatic hydroxyl groups excluding tert-OH is 1. The highest BCUT2D eigenvalue weighted by Gasteiger charge is 2.32. The van der Waals surface area contributed by atoms with Crippen LogP contribution in [-0.4, -0.2) is 47.8 Å². The highest BCUT2D eigenvalue weighted by molar-refractivity contribution is 4.92. The van der Waals surface area contributed by atoms with Crippen LogP contribution in [0.3, 0.4) is 0 Å². The van der Waals surface area contributed by atoms with E-state index in [0.717, 1.165) is 18.3 Å². The Morgan fingerprint density at radius 2 is 2.05 bits per heavy atom. The van der Waals surface area contributed by atoms with Gasteiger partial charge in [0.15, 0.2) is 0 Å². The van der Waals surface area contributed by atoms with E-state index < -0.39 is 0 Å². The predicted molar refractivity (Wildman–Crippen MR) is 80.3 cm³/mol. The molecule has 1 heterocycles. The van der Waals surface area contributed by atoms with Crippen LogP contribution >= 0.6 is 0 Å². The molecule has 0 amide bonds. The van der Waals surface area contributed by atoms with Crippen molar-refractivity contribution in [3.63, 3.8) is 0 Å². The molecule has 0 radical (unpaired) electrons. The van der Waals surface area contributed by atoms with Crippen molar-refractivity contribution >= 4 is 0 Å². The third-order valence-electron chi connectivity index (χ3n) is 4.93. The average Bonchev–Trinajstić information content (AvgIpc) is 3.04. The van der Waals surface area contributed by atoms with Gasteiger partial charge in [-0.05, 0) is 64.0 Å². The van der Waals surface area contributed by atoms with Crippen molar-refractivity contribution in [3.8, 4) is 0 Å². The van der Waals surface area contributed by atoms with Gasteiger partial charge in [-0.1, -0.05) is 13.8 Å². The molecule has 2 N–H and O–H groups in total. The van der Waals surface area contributed by atoms with Crippen LogP contribution in [0.5, 0.6) is 0 Å². The molecule has 1 saturated heterocycles. The predicted octanol–water partition coefficient (Wildman–Crippen LogP) is 2.25. The molecule has 0 aromatic rings. The lowest BCUT2D eigenvalue weighted by Gasteiger charge is -2.30. The van der Waals surface area contributed by atoms with Gasteiger partial charge in [-0.25, -0.2) is 0 Å². The normalized spacial score (nSPS) is 27.9. The van der Waals surface area contributed by atoms with Gasteiger partial charge in [-0.15, -0.1) is 0 Å². The van der Waals surface area contributed by atoms with Crippen LogP contribution in [0.15, 0.2) is 0 Å². The van der Waals surface area contributed by atoms with E-state index in [4.69, 9.17) is 0 Å². The number of aliphatic hydroxyl groups is 1. The van der Waals surface area contributed by atoms with Gasteiger partial charge >= 0.3 is 0 Å². The maximum atomic E-state index is 9.59. The zero-order valence-electron chi connectivity index (χ0n) is 13.0. The molecule has 2 fully saturated rings. The zero-order valence-corrected chi connectivity index (χ0v) is 13.0. The van der Waals surface area contributed by atoms with E-state index in [9.17, 15) is 5.11 Å². The summed E-state index contributed by atoms with van der Waals surface area (Å²) < 4.78 is 0. The molecule has 1 aliphatic heterocycles. The van der Waals surface area contributed by atoms with E-state index in [1.165, 1.54) is 45.3 Å². The Morgan fingerprint density at radius 3 is 2.58 bits per heavy atom. The van der Waals surface area contributed by atoms with E-state index in [-0.39, 0.29) is 12.1 Å². The first-order valence-corrected chi connectivity index (χ1v) is 8.13. The summed E-state index contributed by atoms with van der Waals surface area (Å²) in [5.41, 5.74) is -0.0572. The summed E-state index contributed by atoms with van der Waals surface area (Å²) in [5, 5.41) is 13.2. The van der Waals surface area contributed by atoms with Crippen molar-refractivity contribution < 1.29 is 5.11 Å². The molecule has 112 valence electrons. The standard InChI is InChI=1S/C16H32N2O/c1-13(2)14-7-10-18(11-14)9-4-8-16(3,12-19)17-15-5-6-15/h13-15,17,19H,4-12H2,1-3H3. The second kappa shape index (κ2) is 6.55. The summed E-state index contributed by atoms with van der Waals surface area (Å²) >= 11 is 0. The Labute approximate surface area is 118 Å². The average molecular weight is 268 g/mol. The molecular formula is C16H32N2O. The number of hydrogen-bond donors (Lipinski definition) is 2. The van der Waals surface area contributed by atoms with Crippen LogP contribution in [0.4, 0.5) is 0 Å². The molecule has 0 spiro atoms. The maximum absolute atomic E-state index is 9.59. The maximum Gasteiger partial charge on any atom is 0.0610 e. The van der Waals surface area contributed by atoms with Crippen LogP contribution in [0.2, 0.25) is 0 Å². The number of hydrogen-bond acceptors (Lipinski definition) is 3. The number of likely N-dealkylation sites (tertiary alicyclic amines) is 1. The Balaban J connectivity index is 1.65. The molecule has 19 heavy (non-hydrogen) atoms. The van der Waals surface area contributed by atoms with E-state index in [0.29, 0.717) is 6.04 Å². The summed E-state index contributed by atoms with van der Waals surface area (Å²) in [6.45, 7) is 10.9. The Morgan fingerprint density at radius 1 is 1.32 bits per heavy atom. The van der Waals surface area contributed by atoms with E-state index >= 15 is 0 Å². The van der Waals surface area contributed by atoms with Gasteiger partial charge in [0.25, 0.3) is 0 Å². The largest absolute Gasteiger partial charge is 0.394 e. The summed E-state index contributed by atoms with van der Waals surface area (Å²) in [6, 6.07) is 0.675. The van der Waals surface area contributed by atoms with Crippen LogP contribution in [0, 0.1) is 11.8 Å². The van der Waals surface area contributed by atoms with E-state index in [1.807, 2.05) is 0 Å². The summed E-state index contributed by atoms with van der Waals surface area (Å²) in [6.07, 6.45) is 6.23. The fourth-order valence-electron chi connectivity index (χ4n) is 3.22. The van der Waals surface area contributed by atoms with Gasteiger partial charge in [0.1, 0.15) is 0 Å². The number of nitrogens with one attached hydrogen (secondary N) is 1. The molecule has 0 bridgehead atoms. The Bertz CT molecular complexity index is 278. The zero-order chi connectivity index (χ0) is 13.9. The Hall–Kier alpha value is -0.120. The van der Waals surface area contributed by atoms with Gasteiger partial charge in [-0.2, -0.15) is 0 Å². The van der Waals surface area contributed by atoms with Crippen molar-refractivity contribution in [2.24, 2.45) is 11.8 Å². The van der Waals surface area contributed by atoms with Crippen LogP contribution < -0.4 is 5.32 Å². The number of rotatable bonds is 8. The van der Waals surface area contributed by atoms with Crippen LogP contribution in [0.1, 0.15) is 52.9 Å². The topological polar surface area (TPSA) is 35.5 Å². The van der Waals surface area contributed by atoms with Crippen LogP contribution in [-0.2, 0) is 0 Å². The molecule has 1 saturated carbocycles. The molecule has 3 heteroatoms. The van der Waals surface area contributed by atoms with Crippen molar-refractivity contribution in [1.29, 1.82) is 0 Å². The van der Waals surface area contributed by atoms with Gasteiger partial charge in [0, 0.05) is 18.1 Å². The molecule has 2 aliphatic rings. The van der Waals surface area contributed by atoms with Gasteiger partial charge in [0.05, 0.1) is 6.61 Å². The first kappa shape index (κ1) is 15.3.